The van der Waals surface area contributed by atoms with Crippen LogP contribution in [0.1, 0.15) is 11.1 Å². The average Bonchev–Trinajstić information content (AvgIpc) is 2.51. The normalized spacial score (nSPS) is 10.4. The molecule has 0 atom stereocenters. The molecule has 0 aliphatic rings. The highest BCUT2D eigenvalue weighted by molar-refractivity contribution is 5.59. The van der Waals surface area contributed by atoms with E-state index in [1.807, 2.05) is 25.1 Å². The quantitative estimate of drug-likeness (QED) is 0.759. The Labute approximate surface area is 133 Å². The Morgan fingerprint density at radius 3 is 2.52 bits per heavy atom. The van der Waals surface area contributed by atoms with Crippen molar-refractivity contribution in [2.24, 2.45) is 0 Å². The molecule has 0 unspecified atom stereocenters. The third-order valence-electron chi connectivity index (χ3n) is 3.42. The second kappa shape index (κ2) is 6.39. The largest absolute Gasteiger partial charge is 0.339 e. The monoisotopic (exact) mass is 309 g/mol. The van der Waals surface area contributed by atoms with Gasteiger partial charge >= 0.3 is 0 Å². The van der Waals surface area contributed by atoms with Crippen molar-refractivity contribution in [1.82, 2.24) is 15.2 Å². The number of benzene rings is 2. The summed E-state index contributed by atoms with van der Waals surface area (Å²) in [5.74, 6) is 0.539. The Hall–Kier alpha value is -3.02. The number of nitrogens with zero attached hydrogens (tertiary/aromatic N) is 3. The molecule has 0 amide bonds. The first-order valence-corrected chi connectivity index (χ1v) is 7.17. The van der Waals surface area contributed by atoms with Gasteiger partial charge in [-0.25, -0.2) is 4.39 Å². The maximum Gasteiger partial charge on any atom is 0.249 e. The Morgan fingerprint density at radius 1 is 0.913 bits per heavy atom. The standard InChI is InChI=1S/C17H16FN5/c1-11-6-7-15(8-12(11)2)21-17-22-16(10-19-23-17)20-14-5-3-4-13(18)9-14/h3-10H,1-2H3,(H2,20,21,22,23). The first-order valence-electron chi connectivity index (χ1n) is 7.17. The van der Waals surface area contributed by atoms with E-state index in [0.717, 1.165) is 5.69 Å². The van der Waals surface area contributed by atoms with Gasteiger partial charge in [-0.1, -0.05) is 12.1 Å². The molecule has 1 aromatic heterocycles. The van der Waals surface area contributed by atoms with Gasteiger partial charge in [0, 0.05) is 11.4 Å². The third-order valence-corrected chi connectivity index (χ3v) is 3.42. The lowest BCUT2D eigenvalue weighted by Crippen LogP contribution is -2.02. The van der Waals surface area contributed by atoms with Crippen molar-refractivity contribution < 1.29 is 4.39 Å². The predicted octanol–water partition coefficient (Wildman–Crippen LogP) is 4.11. The van der Waals surface area contributed by atoms with Crippen LogP contribution in [-0.2, 0) is 0 Å². The molecule has 0 radical (unpaired) electrons. The van der Waals surface area contributed by atoms with E-state index in [9.17, 15) is 4.39 Å². The van der Waals surface area contributed by atoms with Gasteiger partial charge in [-0.3, -0.25) is 0 Å². The van der Waals surface area contributed by atoms with Gasteiger partial charge in [0.15, 0.2) is 5.82 Å². The van der Waals surface area contributed by atoms with E-state index < -0.39 is 0 Å². The van der Waals surface area contributed by atoms with Gasteiger partial charge in [-0.2, -0.15) is 10.1 Å². The molecule has 23 heavy (non-hydrogen) atoms. The van der Waals surface area contributed by atoms with Crippen LogP contribution < -0.4 is 10.6 Å². The molecule has 0 aliphatic heterocycles. The van der Waals surface area contributed by atoms with Crippen molar-refractivity contribution in [3.8, 4) is 0 Å². The first-order chi connectivity index (χ1) is 11.1. The number of nitrogens with one attached hydrogen (secondary N) is 2. The van der Waals surface area contributed by atoms with Crippen LogP contribution in [0.3, 0.4) is 0 Å². The lowest BCUT2D eigenvalue weighted by atomic mass is 10.1. The fraction of sp³-hybridized carbons (Fsp3) is 0.118. The maximum absolute atomic E-state index is 13.2. The van der Waals surface area contributed by atoms with E-state index in [4.69, 9.17) is 0 Å². The highest BCUT2D eigenvalue weighted by Gasteiger charge is 2.03. The van der Waals surface area contributed by atoms with Crippen LogP contribution in [0.4, 0.5) is 27.5 Å². The molecule has 0 aliphatic carbocycles. The Morgan fingerprint density at radius 2 is 1.74 bits per heavy atom. The molecule has 5 nitrogen and oxygen atoms in total. The number of aromatic nitrogens is 3. The summed E-state index contributed by atoms with van der Waals surface area (Å²) in [6.45, 7) is 4.10. The van der Waals surface area contributed by atoms with E-state index in [2.05, 4.69) is 32.7 Å². The predicted molar refractivity (Wildman–Crippen MR) is 88.7 cm³/mol. The highest BCUT2D eigenvalue weighted by atomic mass is 19.1. The van der Waals surface area contributed by atoms with Crippen LogP contribution in [0.5, 0.6) is 0 Å². The number of hydrogen-bond acceptors (Lipinski definition) is 5. The zero-order chi connectivity index (χ0) is 16.2. The van der Waals surface area contributed by atoms with E-state index >= 15 is 0 Å². The van der Waals surface area contributed by atoms with Gasteiger partial charge in [-0.05, 0) is 55.3 Å². The smallest absolute Gasteiger partial charge is 0.249 e. The molecule has 6 heteroatoms. The van der Waals surface area contributed by atoms with Crippen LogP contribution in [-0.4, -0.2) is 15.2 Å². The van der Waals surface area contributed by atoms with Crippen molar-refractivity contribution >= 4 is 23.1 Å². The molecule has 0 saturated heterocycles. The fourth-order valence-corrected chi connectivity index (χ4v) is 2.08. The molecular weight excluding hydrogens is 293 g/mol. The average molecular weight is 309 g/mol. The SMILES string of the molecule is Cc1ccc(Nc2nncc(Nc3cccc(F)c3)n2)cc1C. The summed E-state index contributed by atoms with van der Waals surface area (Å²) >= 11 is 0. The number of hydrogen-bond donors (Lipinski definition) is 2. The number of anilines is 4. The van der Waals surface area contributed by atoms with Crippen LogP contribution in [0.2, 0.25) is 0 Å². The molecule has 1 heterocycles. The zero-order valence-corrected chi connectivity index (χ0v) is 12.8. The summed E-state index contributed by atoms with van der Waals surface area (Å²) in [4.78, 5) is 4.33. The molecule has 0 saturated carbocycles. The summed E-state index contributed by atoms with van der Waals surface area (Å²) in [7, 11) is 0. The van der Waals surface area contributed by atoms with Gasteiger partial charge in [0.2, 0.25) is 5.95 Å². The second-order valence-corrected chi connectivity index (χ2v) is 5.22. The van der Waals surface area contributed by atoms with Crippen molar-refractivity contribution in [2.45, 2.75) is 13.8 Å². The van der Waals surface area contributed by atoms with Crippen molar-refractivity contribution in [3.05, 3.63) is 65.6 Å². The van der Waals surface area contributed by atoms with Gasteiger partial charge < -0.3 is 10.6 Å². The van der Waals surface area contributed by atoms with E-state index in [1.54, 1.807) is 12.1 Å². The van der Waals surface area contributed by atoms with Gasteiger partial charge in [0.25, 0.3) is 0 Å². The van der Waals surface area contributed by atoms with Crippen LogP contribution in [0.15, 0.2) is 48.7 Å². The van der Waals surface area contributed by atoms with Crippen molar-refractivity contribution in [2.75, 3.05) is 10.6 Å². The summed E-state index contributed by atoms with van der Waals surface area (Å²) < 4.78 is 13.2. The van der Waals surface area contributed by atoms with E-state index in [1.165, 1.54) is 29.5 Å². The summed E-state index contributed by atoms with van der Waals surface area (Å²) in [5.41, 5.74) is 3.88. The Bertz CT molecular complexity index is 835. The highest BCUT2D eigenvalue weighted by Crippen LogP contribution is 2.19. The molecule has 0 bridgehead atoms. The van der Waals surface area contributed by atoms with Gasteiger partial charge in [0.1, 0.15) is 5.82 Å². The molecular formula is C17H16FN5. The van der Waals surface area contributed by atoms with Crippen LogP contribution >= 0.6 is 0 Å². The molecule has 3 aromatic rings. The minimum atomic E-state index is -0.314. The molecule has 3 rings (SSSR count). The maximum atomic E-state index is 13.2. The summed E-state index contributed by atoms with van der Waals surface area (Å²) in [5, 5.41) is 14.0. The summed E-state index contributed by atoms with van der Waals surface area (Å²) in [6.07, 6.45) is 1.48. The second-order valence-electron chi connectivity index (χ2n) is 5.22. The van der Waals surface area contributed by atoms with E-state index in [-0.39, 0.29) is 5.82 Å². The molecule has 0 fully saturated rings. The molecule has 2 aromatic carbocycles. The molecule has 2 N–H and O–H groups in total. The Balaban J connectivity index is 1.78. The number of halogens is 1. The van der Waals surface area contributed by atoms with Crippen molar-refractivity contribution in [1.29, 1.82) is 0 Å². The molecule has 116 valence electrons. The third kappa shape index (κ3) is 3.79. The first kappa shape index (κ1) is 14.9. The van der Waals surface area contributed by atoms with Gasteiger partial charge in [0.05, 0.1) is 6.20 Å². The molecule has 0 spiro atoms. The number of aryl methyl sites for hydroxylation is 2. The minimum absolute atomic E-state index is 0.314. The minimum Gasteiger partial charge on any atom is -0.339 e. The lowest BCUT2D eigenvalue weighted by molar-refractivity contribution is 0.628. The zero-order valence-electron chi connectivity index (χ0n) is 12.8. The lowest BCUT2D eigenvalue weighted by Gasteiger charge is -2.09. The Kier molecular flexibility index (Phi) is 4.14. The van der Waals surface area contributed by atoms with Crippen LogP contribution in [0, 0.1) is 19.7 Å². The summed E-state index contributed by atoms with van der Waals surface area (Å²) in [6, 6.07) is 12.2. The fourth-order valence-electron chi connectivity index (χ4n) is 2.08. The number of rotatable bonds is 4. The van der Waals surface area contributed by atoms with Crippen LogP contribution in [0.25, 0.3) is 0 Å². The van der Waals surface area contributed by atoms with E-state index in [0.29, 0.717) is 17.5 Å². The van der Waals surface area contributed by atoms with Gasteiger partial charge in [-0.15, -0.1) is 5.10 Å². The van der Waals surface area contributed by atoms with Crippen molar-refractivity contribution in [3.63, 3.8) is 0 Å². The topological polar surface area (TPSA) is 62.7 Å².